The Morgan fingerprint density at radius 2 is 1.60 bits per heavy atom. The Morgan fingerprint density at radius 1 is 0.933 bits per heavy atom. The number of aliphatic imine (C=N–C) groups is 1. The SMILES string of the molecule is O=c1c(C=NCc2ccc(F)cc2)c(NCc2ccc(F)cc2)nc2ccccn12. The van der Waals surface area contributed by atoms with Crippen LogP contribution in [0.3, 0.4) is 0 Å². The summed E-state index contributed by atoms with van der Waals surface area (Å²) < 4.78 is 27.6. The van der Waals surface area contributed by atoms with Crippen molar-refractivity contribution in [3.05, 3.63) is 112 Å². The van der Waals surface area contributed by atoms with Crippen LogP contribution in [0.4, 0.5) is 14.6 Å². The maximum Gasteiger partial charge on any atom is 0.268 e. The average molecular weight is 404 g/mol. The number of hydrogen-bond acceptors (Lipinski definition) is 4. The molecular formula is C23H18F2N4O. The molecule has 150 valence electrons. The molecule has 0 aliphatic rings. The summed E-state index contributed by atoms with van der Waals surface area (Å²) >= 11 is 0. The van der Waals surface area contributed by atoms with E-state index < -0.39 is 0 Å². The summed E-state index contributed by atoms with van der Waals surface area (Å²) in [6.07, 6.45) is 3.12. The Hall–Kier alpha value is -3.87. The van der Waals surface area contributed by atoms with Crippen molar-refractivity contribution in [2.24, 2.45) is 4.99 Å². The van der Waals surface area contributed by atoms with Gasteiger partial charge in [0.25, 0.3) is 5.56 Å². The first-order valence-corrected chi connectivity index (χ1v) is 9.34. The number of benzene rings is 2. The molecule has 2 aromatic carbocycles. The van der Waals surface area contributed by atoms with Gasteiger partial charge in [0.15, 0.2) is 0 Å². The molecule has 4 rings (SSSR count). The fourth-order valence-corrected chi connectivity index (χ4v) is 2.97. The van der Waals surface area contributed by atoms with Crippen molar-refractivity contribution in [2.45, 2.75) is 13.1 Å². The summed E-state index contributed by atoms with van der Waals surface area (Å²) in [5.41, 5.74) is 2.22. The van der Waals surface area contributed by atoms with E-state index in [0.29, 0.717) is 30.1 Å². The fourth-order valence-electron chi connectivity index (χ4n) is 2.97. The topological polar surface area (TPSA) is 58.8 Å². The Bertz CT molecular complexity index is 1250. The molecule has 0 saturated carbocycles. The molecule has 0 amide bonds. The first-order chi connectivity index (χ1) is 14.6. The Kier molecular flexibility index (Phi) is 5.61. The van der Waals surface area contributed by atoms with E-state index in [0.717, 1.165) is 11.1 Å². The molecule has 0 unspecified atom stereocenters. The van der Waals surface area contributed by atoms with Gasteiger partial charge in [0.2, 0.25) is 0 Å². The zero-order valence-electron chi connectivity index (χ0n) is 15.9. The third kappa shape index (κ3) is 4.41. The molecule has 0 bridgehead atoms. The number of rotatable bonds is 6. The predicted octanol–water partition coefficient (Wildman–Crippen LogP) is 4.20. The summed E-state index contributed by atoms with van der Waals surface area (Å²) in [5, 5.41) is 3.15. The van der Waals surface area contributed by atoms with E-state index in [-0.39, 0.29) is 17.2 Å². The van der Waals surface area contributed by atoms with Crippen LogP contribution in [0.15, 0.2) is 82.7 Å². The highest BCUT2D eigenvalue weighted by molar-refractivity contribution is 5.86. The lowest BCUT2D eigenvalue weighted by Crippen LogP contribution is -2.22. The minimum Gasteiger partial charge on any atom is -0.365 e. The smallest absolute Gasteiger partial charge is 0.268 e. The van der Waals surface area contributed by atoms with Crippen LogP contribution in [-0.4, -0.2) is 15.6 Å². The van der Waals surface area contributed by atoms with Crippen LogP contribution in [0.2, 0.25) is 0 Å². The van der Waals surface area contributed by atoms with E-state index in [4.69, 9.17) is 0 Å². The minimum absolute atomic E-state index is 0.259. The van der Waals surface area contributed by atoms with Gasteiger partial charge in [-0.3, -0.25) is 14.2 Å². The van der Waals surface area contributed by atoms with Crippen molar-refractivity contribution in [2.75, 3.05) is 5.32 Å². The highest BCUT2D eigenvalue weighted by Gasteiger charge is 2.11. The third-order valence-corrected chi connectivity index (χ3v) is 4.55. The van der Waals surface area contributed by atoms with Gasteiger partial charge in [-0.25, -0.2) is 13.8 Å². The molecule has 4 aromatic rings. The Labute approximate surface area is 171 Å². The number of anilines is 1. The van der Waals surface area contributed by atoms with Crippen LogP contribution < -0.4 is 10.9 Å². The number of aromatic nitrogens is 2. The quantitative estimate of drug-likeness (QED) is 0.490. The third-order valence-electron chi connectivity index (χ3n) is 4.55. The molecule has 0 saturated heterocycles. The van der Waals surface area contributed by atoms with Crippen molar-refractivity contribution >= 4 is 17.7 Å². The summed E-state index contributed by atoms with van der Waals surface area (Å²) in [6, 6.07) is 17.4. The highest BCUT2D eigenvalue weighted by Crippen LogP contribution is 2.12. The van der Waals surface area contributed by atoms with E-state index in [1.54, 1.807) is 48.7 Å². The molecule has 2 aromatic heterocycles. The first-order valence-electron chi connectivity index (χ1n) is 9.34. The molecule has 0 atom stereocenters. The standard InChI is InChI=1S/C23H18F2N4O/c24-18-8-4-16(5-9-18)13-26-15-20-22(27-14-17-6-10-19(25)11-7-17)28-21-3-1-2-12-29(21)23(20)30/h1-12,15,27H,13-14H2. The van der Waals surface area contributed by atoms with Gasteiger partial charge in [0.1, 0.15) is 28.7 Å². The molecule has 1 N–H and O–H groups in total. The second-order valence-electron chi connectivity index (χ2n) is 6.68. The van der Waals surface area contributed by atoms with Gasteiger partial charge < -0.3 is 5.32 Å². The molecular weight excluding hydrogens is 386 g/mol. The summed E-state index contributed by atoms with van der Waals surface area (Å²) in [4.78, 5) is 21.9. The van der Waals surface area contributed by atoms with E-state index in [2.05, 4.69) is 15.3 Å². The van der Waals surface area contributed by atoms with Crippen LogP contribution in [0, 0.1) is 11.6 Å². The van der Waals surface area contributed by atoms with Crippen molar-refractivity contribution < 1.29 is 8.78 Å². The minimum atomic E-state index is -0.313. The maximum atomic E-state index is 13.1. The first kappa shape index (κ1) is 19.4. The van der Waals surface area contributed by atoms with Gasteiger partial charge in [-0.2, -0.15) is 0 Å². The average Bonchev–Trinajstić information content (AvgIpc) is 2.76. The monoisotopic (exact) mass is 404 g/mol. The molecule has 5 nitrogen and oxygen atoms in total. The van der Waals surface area contributed by atoms with E-state index in [9.17, 15) is 13.6 Å². The number of fused-ring (bicyclic) bond motifs is 1. The second kappa shape index (κ2) is 8.65. The van der Waals surface area contributed by atoms with Crippen LogP contribution in [0.25, 0.3) is 5.65 Å². The number of nitrogens with zero attached hydrogens (tertiary/aromatic N) is 3. The lowest BCUT2D eigenvalue weighted by atomic mass is 10.2. The molecule has 2 heterocycles. The van der Waals surface area contributed by atoms with Crippen molar-refractivity contribution in [1.29, 1.82) is 0 Å². The largest absolute Gasteiger partial charge is 0.365 e. The molecule has 0 spiro atoms. The van der Waals surface area contributed by atoms with Crippen molar-refractivity contribution in [1.82, 2.24) is 9.38 Å². The summed E-state index contributed by atoms with van der Waals surface area (Å²) in [7, 11) is 0. The van der Waals surface area contributed by atoms with E-state index in [1.807, 2.05) is 0 Å². The number of hydrogen-bond donors (Lipinski definition) is 1. The summed E-state index contributed by atoms with van der Waals surface area (Å²) in [5.74, 6) is -0.236. The van der Waals surface area contributed by atoms with Gasteiger partial charge in [-0.05, 0) is 47.5 Å². The normalized spacial score (nSPS) is 11.3. The second-order valence-corrected chi connectivity index (χ2v) is 6.68. The lowest BCUT2D eigenvalue weighted by molar-refractivity contribution is 0.626. The molecule has 0 fully saturated rings. The van der Waals surface area contributed by atoms with Crippen LogP contribution in [-0.2, 0) is 13.1 Å². The predicted molar refractivity (Wildman–Crippen MR) is 113 cm³/mol. The molecule has 30 heavy (non-hydrogen) atoms. The Balaban J connectivity index is 1.64. The number of pyridine rings is 1. The Morgan fingerprint density at radius 3 is 2.30 bits per heavy atom. The molecule has 7 heteroatoms. The molecule has 0 aliphatic carbocycles. The van der Waals surface area contributed by atoms with Crippen LogP contribution in [0.5, 0.6) is 0 Å². The van der Waals surface area contributed by atoms with Gasteiger partial charge in [0, 0.05) is 19.0 Å². The van der Waals surface area contributed by atoms with Crippen LogP contribution >= 0.6 is 0 Å². The number of nitrogens with one attached hydrogen (secondary N) is 1. The zero-order chi connectivity index (χ0) is 20.9. The zero-order valence-corrected chi connectivity index (χ0v) is 15.9. The van der Waals surface area contributed by atoms with Gasteiger partial charge in [0.05, 0.1) is 6.54 Å². The van der Waals surface area contributed by atoms with Crippen molar-refractivity contribution in [3.63, 3.8) is 0 Å². The van der Waals surface area contributed by atoms with E-state index >= 15 is 0 Å². The molecule has 0 radical (unpaired) electrons. The molecule has 0 aliphatic heterocycles. The van der Waals surface area contributed by atoms with Crippen molar-refractivity contribution in [3.8, 4) is 0 Å². The van der Waals surface area contributed by atoms with Gasteiger partial charge >= 0.3 is 0 Å². The summed E-state index contributed by atoms with van der Waals surface area (Å²) in [6.45, 7) is 0.670. The fraction of sp³-hybridized carbons (Fsp3) is 0.0870. The number of halogens is 2. The van der Waals surface area contributed by atoms with Crippen LogP contribution in [0.1, 0.15) is 16.7 Å². The highest BCUT2D eigenvalue weighted by atomic mass is 19.1. The van der Waals surface area contributed by atoms with Gasteiger partial charge in [-0.1, -0.05) is 30.3 Å². The van der Waals surface area contributed by atoms with E-state index in [1.165, 1.54) is 34.9 Å². The van der Waals surface area contributed by atoms with Gasteiger partial charge in [-0.15, -0.1) is 0 Å². The lowest BCUT2D eigenvalue weighted by Gasteiger charge is -2.10. The maximum absolute atomic E-state index is 13.1.